The van der Waals surface area contributed by atoms with Crippen molar-refractivity contribution < 1.29 is 19.1 Å². The van der Waals surface area contributed by atoms with Gasteiger partial charge in [0.15, 0.2) is 0 Å². The Bertz CT molecular complexity index is 357. The molecule has 1 atom stereocenters. The number of imide groups is 1. The molecule has 1 rings (SSSR count). The Labute approximate surface area is 112 Å². The van der Waals surface area contributed by atoms with Crippen molar-refractivity contribution in [1.82, 2.24) is 15.5 Å². The average molecular weight is 271 g/mol. The quantitative estimate of drug-likeness (QED) is 0.686. The number of ether oxygens (including phenoxy) is 1. The van der Waals surface area contributed by atoms with Gasteiger partial charge in [0.05, 0.1) is 19.6 Å². The van der Waals surface area contributed by atoms with Crippen molar-refractivity contribution in [3.8, 4) is 0 Å². The zero-order chi connectivity index (χ0) is 14.4. The summed E-state index contributed by atoms with van der Waals surface area (Å²) in [4.78, 5) is 36.1. The van der Waals surface area contributed by atoms with Crippen LogP contribution < -0.4 is 10.6 Å². The van der Waals surface area contributed by atoms with Gasteiger partial charge in [0.2, 0.25) is 5.91 Å². The number of amides is 3. The van der Waals surface area contributed by atoms with E-state index in [1.807, 2.05) is 18.7 Å². The van der Waals surface area contributed by atoms with Crippen LogP contribution >= 0.6 is 0 Å². The largest absolute Gasteiger partial charge is 0.469 e. The molecule has 7 heteroatoms. The summed E-state index contributed by atoms with van der Waals surface area (Å²) in [6, 6.07) is -0.521. The molecule has 1 fully saturated rings. The number of methoxy groups -OCH3 is 1. The molecule has 0 bridgehead atoms. The third kappa shape index (κ3) is 5.25. The van der Waals surface area contributed by atoms with Gasteiger partial charge in [-0.1, -0.05) is 0 Å². The van der Waals surface area contributed by atoms with Crippen molar-refractivity contribution in [2.75, 3.05) is 26.7 Å². The smallest absolute Gasteiger partial charge is 0.321 e. The van der Waals surface area contributed by atoms with Crippen LogP contribution in [0.25, 0.3) is 0 Å². The van der Waals surface area contributed by atoms with E-state index in [2.05, 4.69) is 15.4 Å². The number of urea groups is 1. The third-order valence-corrected chi connectivity index (χ3v) is 2.85. The summed E-state index contributed by atoms with van der Waals surface area (Å²) < 4.78 is 4.67. The van der Waals surface area contributed by atoms with Gasteiger partial charge in [-0.05, 0) is 26.8 Å². The number of carbonyl (C=O) groups excluding carboxylic acids is 3. The molecule has 0 aliphatic carbocycles. The van der Waals surface area contributed by atoms with Crippen LogP contribution in [0.2, 0.25) is 0 Å². The van der Waals surface area contributed by atoms with Crippen LogP contribution in [0, 0.1) is 5.92 Å². The zero-order valence-corrected chi connectivity index (χ0v) is 11.6. The predicted molar refractivity (Wildman–Crippen MR) is 68.4 cm³/mol. The molecule has 1 aliphatic heterocycles. The first-order valence-corrected chi connectivity index (χ1v) is 6.33. The second-order valence-electron chi connectivity index (χ2n) is 4.92. The van der Waals surface area contributed by atoms with Gasteiger partial charge in [-0.25, -0.2) is 4.79 Å². The van der Waals surface area contributed by atoms with E-state index in [0.717, 1.165) is 0 Å². The fourth-order valence-electron chi connectivity index (χ4n) is 2.00. The fraction of sp³-hybridized carbons (Fsp3) is 0.750. The number of nitrogens with zero attached hydrogens (tertiary/aromatic N) is 1. The average Bonchev–Trinajstić information content (AvgIpc) is 2.74. The number of nitrogens with one attached hydrogen (secondary N) is 2. The maximum atomic E-state index is 11.6. The van der Waals surface area contributed by atoms with E-state index in [0.29, 0.717) is 19.5 Å². The monoisotopic (exact) mass is 271 g/mol. The SMILES string of the molecule is COC(=O)C1CCN(CC(=O)NC(=O)NC(C)C)C1. The Balaban J connectivity index is 2.30. The van der Waals surface area contributed by atoms with E-state index >= 15 is 0 Å². The molecule has 3 amide bonds. The number of esters is 1. The summed E-state index contributed by atoms with van der Waals surface area (Å²) in [5, 5.41) is 4.82. The summed E-state index contributed by atoms with van der Waals surface area (Å²) in [7, 11) is 1.36. The minimum atomic E-state index is -0.497. The first-order chi connectivity index (χ1) is 8.92. The first kappa shape index (κ1) is 15.4. The second kappa shape index (κ2) is 7.08. The Morgan fingerprint density at radius 1 is 1.37 bits per heavy atom. The molecular formula is C12H21N3O4. The lowest BCUT2D eigenvalue weighted by molar-refractivity contribution is -0.145. The van der Waals surface area contributed by atoms with Gasteiger partial charge in [0.1, 0.15) is 0 Å². The lowest BCUT2D eigenvalue weighted by atomic mass is 10.1. The van der Waals surface area contributed by atoms with Gasteiger partial charge >= 0.3 is 12.0 Å². The highest BCUT2D eigenvalue weighted by molar-refractivity contribution is 5.95. The lowest BCUT2D eigenvalue weighted by Gasteiger charge is -2.15. The number of likely N-dealkylation sites (tertiary alicyclic amines) is 1. The molecule has 0 saturated carbocycles. The summed E-state index contributed by atoms with van der Waals surface area (Å²) in [5.41, 5.74) is 0. The highest BCUT2D eigenvalue weighted by atomic mass is 16.5. The highest BCUT2D eigenvalue weighted by Gasteiger charge is 2.30. The predicted octanol–water partition coefficient (Wildman–Crippen LogP) is -0.284. The lowest BCUT2D eigenvalue weighted by Crippen LogP contribution is -2.46. The Kier molecular flexibility index (Phi) is 5.75. The molecule has 2 N–H and O–H groups in total. The maximum absolute atomic E-state index is 11.6. The van der Waals surface area contributed by atoms with Crippen LogP contribution in [0.1, 0.15) is 20.3 Å². The van der Waals surface area contributed by atoms with Crippen LogP contribution in [-0.2, 0) is 14.3 Å². The van der Waals surface area contributed by atoms with Gasteiger partial charge in [-0.15, -0.1) is 0 Å². The Morgan fingerprint density at radius 3 is 2.63 bits per heavy atom. The fourth-order valence-corrected chi connectivity index (χ4v) is 2.00. The van der Waals surface area contributed by atoms with E-state index in [1.165, 1.54) is 7.11 Å². The minimum absolute atomic E-state index is 0.0247. The van der Waals surface area contributed by atoms with Gasteiger partial charge in [-0.2, -0.15) is 0 Å². The van der Waals surface area contributed by atoms with E-state index in [9.17, 15) is 14.4 Å². The molecular weight excluding hydrogens is 250 g/mol. The van der Waals surface area contributed by atoms with Crippen molar-refractivity contribution in [1.29, 1.82) is 0 Å². The van der Waals surface area contributed by atoms with Crippen molar-refractivity contribution in [2.24, 2.45) is 5.92 Å². The molecule has 1 heterocycles. The molecule has 1 aliphatic rings. The Morgan fingerprint density at radius 2 is 2.05 bits per heavy atom. The summed E-state index contributed by atoms with van der Waals surface area (Å²) in [6.45, 7) is 4.88. The summed E-state index contributed by atoms with van der Waals surface area (Å²) in [6.07, 6.45) is 0.679. The van der Waals surface area contributed by atoms with Crippen molar-refractivity contribution >= 4 is 17.9 Å². The van der Waals surface area contributed by atoms with Gasteiger partial charge < -0.3 is 10.1 Å². The van der Waals surface area contributed by atoms with Crippen LogP contribution in [0.15, 0.2) is 0 Å². The second-order valence-corrected chi connectivity index (χ2v) is 4.92. The highest BCUT2D eigenvalue weighted by Crippen LogP contribution is 2.16. The number of hydrogen-bond donors (Lipinski definition) is 2. The molecule has 0 aromatic rings. The minimum Gasteiger partial charge on any atom is -0.469 e. The first-order valence-electron chi connectivity index (χ1n) is 6.33. The van der Waals surface area contributed by atoms with E-state index in [-0.39, 0.29) is 30.4 Å². The molecule has 7 nitrogen and oxygen atoms in total. The van der Waals surface area contributed by atoms with Crippen LogP contribution in [0.5, 0.6) is 0 Å². The normalized spacial score (nSPS) is 19.3. The zero-order valence-electron chi connectivity index (χ0n) is 11.6. The summed E-state index contributed by atoms with van der Waals surface area (Å²) in [5.74, 6) is -0.800. The van der Waals surface area contributed by atoms with Crippen LogP contribution in [-0.4, -0.2) is 55.6 Å². The molecule has 0 aromatic heterocycles. The van der Waals surface area contributed by atoms with Gasteiger partial charge in [-0.3, -0.25) is 19.8 Å². The standard InChI is InChI=1S/C12H21N3O4/c1-8(2)13-12(18)14-10(16)7-15-5-4-9(6-15)11(17)19-3/h8-9H,4-7H2,1-3H3,(H2,13,14,16,18). The van der Waals surface area contributed by atoms with Crippen molar-refractivity contribution in [3.63, 3.8) is 0 Å². The van der Waals surface area contributed by atoms with Crippen LogP contribution in [0.3, 0.4) is 0 Å². The Hall–Kier alpha value is -1.63. The number of carbonyl (C=O) groups is 3. The number of rotatable bonds is 4. The molecule has 0 radical (unpaired) electrons. The molecule has 1 unspecified atom stereocenters. The maximum Gasteiger partial charge on any atom is 0.321 e. The van der Waals surface area contributed by atoms with E-state index in [4.69, 9.17) is 0 Å². The van der Waals surface area contributed by atoms with E-state index in [1.54, 1.807) is 0 Å². The van der Waals surface area contributed by atoms with Crippen molar-refractivity contribution in [3.05, 3.63) is 0 Å². The molecule has 19 heavy (non-hydrogen) atoms. The van der Waals surface area contributed by atoms with Crippen LogP contribution in [0.4, 0.5) is 4.79 Å². The summed E-state index contributed by atoms with van der Waals surface area (Å²) >= 11 is 0. The van der Waals surface area contributed by atoms with Crippen molar-refractivity contribution in [2.45, 2.75) is 26.3 Å². The van der Waals surface area contributed by atoms with E-state index < -0.39 is 6.03 Å². The topological polar surface area (TPSA) is 87.7 Å². The molecule has 0 spiro atoms. The van der Waals surface area contributed by atoms with Gasteiger partial charge in [0.25, 0.3) is 0 Å². The van der Waals surface area contributed by atoms with Gasteiger partial charge in [0, 0.05) is 12.6 Å². The third-order valence-electron chi connectivity index (χ3n) is 2.85. The molecule has 0 aromatic carbocycles. The number of hydrogen-bond acceptors (Lipinski definition) is 5. The molecule has 1 saturated heterocycles. The molecule has 108 valence electrons.